The molecule has 1 aliphatic heterocycles. The SMILES string of the molecule is Cc1ccc(C(=O)N2CCNC[C@H]2C)cc1Br. The van der Waals surface area contributed by atoms with E-state index < -0.39 is 0 Å². The van der Waals surface area contributed by atoms with Gasteiger partial charge in [0.25, 0.3) is 5.91 Å². The van der Waals surface area contributed by atoms with Gasteiger partial charge in [-0.05, 0) is 31.5 Å². The summed E-state index contributed by atoms with van der Waals surface area (Å²) in [6.07, 6.45) is 0. The van der Waals surface area contributed by atoms with Gasteiger partial charge in [0.1, 0.15) is 0 Å². The first-order valence-electron chi connectivity index (χ1n) is 5.87. The van der Waals surface area contributed by atoms with E-state index in [-0.39, 0.29) is 11.9 Å². The average molecular weight is 297 g/mol. The van der Waals surface area contributed by atoms with Crippen LogP contribution in [-0.2, 0) is 0 Å². The van der Waals surface area contributed by atoms with E-state index >= 15 is 0 Å². The maximum Gasteiger partial charge on any atom is 0.254 e. The quantitative estimate of drug-likeness (QED) is 0.862. The fraction of sp³-hybridized carbons (Fsp3) is 0.462. The summed E-state index contributed by atoms with van der Waals surface area (Å²) in [7, 11) is 0. The molecule has 17 heavy (non-hydrogen) atoms. The number of benzene rings is 1. The molecule has 1 fully saturated rings. The smallest absolute Gasteiger partial charge is 0.254 e. The van der Waals surface area contributed by atoms with E-state index in [4.69, 9.17) is 0 Å². The normalized spacial score (nSPS) is 20.4. The van der Waals surface area contributed by atoms with E-state index in [1.807, 2.05) is 30.0 Å². The van der Waals surface area contributed by atoms with Crippen LogP contribution in [0.1, 0.15) is 22.8 Å². The highest BCUT2D eigenvalue weighted by atomic mass is 79.9. The number of hydrogen-bond donors (Lipinski definition) is 1. The Morgan fingerprint density at radius 2 is 2.29 bits per heavy atom. The van der Waals surface area contributed by atoms with Crippen LogP contribution < -0.4 is 5.32 Å². The van der Waals surface area contributed by atoms with Gasteiger partial charge in [-0.15, -0.1) is 0 Å². The minimum atomic E-state index is 0.125. The standard InChI is InChI=1S/C13H17BrN2O/c1-9-3-4-11(7-12(9)14)13(17)16-6-5-15-8-10(16)2/h3-4,7,10,15H,5-6,8H2,1-2H3/t10-/m1/s1. The molecule has 0 aromatic heterocycles. The van der Waals surface area contributed by atoms with Gasteiger partial charge in [0, 0.05) is 35.7 Å². The lowest BCUT2D eigenvalue weighted by molar-refractivity contribution is 0.0655. The number of carbonyl (C=O) groups is 1. The Morgan fingerprint density at radius 3 is 2.94 bits per heavy atom. The summed E-state index contributed by atoms with van der Waals surface area (Å²) in [4.78, 5) is 14.3. The van der Waals surface area contributed by atoms with Crippen molar-refractivity contribution in [3.8, 4) is 0 Å². The lowest BCUT2D eigenvalue weighted by Crippen LogP contribution is -2.52. The van der Waals surface area contributed by atoms with E-state index in [1.54, 1.807) is 0 Å². The van der Waals surface area contributed by atoms with Crippen LogP contribution >= 0.6 is 15.9 Å². The number of hydrogen-bond acceptors (Lipinski definition) is 2. The fourth-order valence-corrected chi connectivity index (χ4v) is 2.41. The molecule has 0 radical (unpaired) electrons. The van der Waals surface area contributed by atoms with Crippen molar-refractivity contribution in [2.45, 2.75) is 19.9 Å². The molecule has 3 nitrogen and oxygen atoms in total. The third-order valence-corrected chi connectivity index (χ3v) is 4.04. The predicted molar refractivity (Wildman–Crippen MR) is 72.2 cm³/mol. The summed E-state index contributed by atoms with van der Waals surface area (Å²) in [6, 6.07) is 6.05. The second kappa shape index (κ2) is 5.19. The number of aryl methyl sites for hydroxylation is 1. The Kier molecular flexibility index (Phi) is 3.84. The van der Waals surface area contributed by atoms with Crippen LogP contribution in [0.2, 0.25) is 0 Å². The van der Waals surface area contributed by atoms with E-state index in [2.05, 4.69) is 28.2 Å². The molecule has 1 amide bonds. The largest absolute Gasteiger partial charge is 0.333 e. The molecule has 0 unspecified atom stereocenters. The number of amides is 1. The zero-order valence-electron chi connectivity index (χ0n) is 10.2. The topological polar surface area (TPSA) is 32.3 Å². The number of nitrogens with one attached hydrogen (secondary N) is 1. The maximum absolute atomic E-state index is 12.4. The van der Waals surface area contributed by atoms with Gasteiger partial charge >= 0.3 is 0 Å². The van der Waals surface area contributed by atoms with Crippen LogP contribution in [0.3, 0.4) is 0 Å². The third-order valence-electron chi connectivity index (χ3n) is 3.18. The van der Waals surface area contributed by atoms with Crippen LogP contribution in [0.25, 0.3) is 0 Å². The summed E-state index contributed by atoms with van der Waals surface area (Å²) in [5.41, 5.74) is 1.91. The van der Waals surface area contributed by atoms with Crippen molar-refractivity contribution in [2.75, 3.05) is 19.6 Å². The van der Waals surface area contributed by atoms with Gasteiger partial charge in [0.2, 0.25) is 0 Å². The minimum absolute atomic E-state index is 0.125. The zero-order valence-corrected chi connectivity index (χ0v) is 11.8. The Hall–Kier alpha value is -0.870. The van der Waals surface area contributed by atoms with Gasteiger partial charge in [0.15, 0.2) is 0 Å². The summed E-state index contributed by atoms with van der Waals surface area (Å²) < 4.78 is 0.992. The van der Waals surface area contributed by atoms with Gasteiger partial charge in [-0.25, -0.2) is 0 Å². The lowest BCUT2D eigenvalue weighted by Gasteiger charge is -2.34. The molecule has 4 heteroatoms. The van der Waals surface area contributed by atoms with Crippen LogP contribution in [0.4, 0.5) is 0 Å². The van der Waals surface area contributed by atoms with Crippen LogP contribution in [0, 0.1) is 6.92 Å². The highest BCUT2D eigenvalue weighted by Gasteiger charge is 2.24. The summed E-state index contributed by atoms with van der Waals surface area (Å²) in [6.45, 7) is 6.63. The first-order chi connectivity index (χ1) is 8.09. The van der Waals surface area contributed by atoms with Gasteiger partial charge in [0.05, 0.1) is 0 Å². The van der Waals surface area contributed by atoms with Gasteiger partial charge in [-0.2, -0.15) is 0 Å². The summed E-state index contributed by atoms with van der Waals surface area (Å²) in [5.74, 6) is 0.125. The van der Waals surface area contributed by atoms with Crippen LogP contribution in [0.5, 0.6) is 0 Å². The molecule has 1 atom stereocenters. The molecular formula is C13H17BrN2O. The number of halogens is 1. The third kappa shape index (κ3) is 2.69. The van der Waals surface area contributed by atoms with Gasteiger partial charge in [-0.1, -0.05) is 22.0 Å². The Bertz CT molecular complexity index is 433. The molecule has 1 heterocycles. The molecule has 1 aromatic carbocycles. The van der Waals surface area contributed by atoms with Gasteiger partial charge < -0.3 is 10.2 Å². The molecule has 92 valence electrons. The fourth-order valence-electron chi connectivity index (χ4n) is 2.03. The van der Waals surface area contributed by atoms with E-state index in [9.17, 15) is 4.79 Å². The van der Waals surface area contributed by atoms with Crippen molar-refractivity contribution >= 4 is 21.8 Å². The molecule has 1 aromatic rings. The lowest BCUT2D eigenvalue weighted by atomic mass is 10.1. The zero-order chi connectivity index (χ0) is 12.4. The second-order valence-corrected chi connectivity index (χ2v) is 5.37. The van der Waals surface area contributed by atoms with E-state index in [0.29, 0.717) is 0 Å². The Balaban J connectivity index is 2.21. The van der Waals surface area contributed by atoms with E-state index in [1.165, 1.54) is 0 Å². The van der Waals surface area contributed by atoms with Gasteiger partial charge in [-0.3, -0.25) is 4.79 Å². The highest BCUT2D eigenvalue weighted by Crippen LogP contribution is 2.19. The monoisotopic (exact) mass is 296 g/mol. The number of carbonyl (C=O) groups excluding carboxylic acids is 1. The molecule has 1 N–H and O–H groups in total. The molecule has 0 aliphatic carbocycles. The Labute approximate surface area is 110 Å². The molecular weight excluding hydrogens is 280 g/mol. The van der Waals surface area contributed by atoms with Crippen molar-refractivity contribution in [1.29, 1.82) is 0 Å². The summed E-state index contributed by atoms with van der Waals surface area (Å²) >= 11 is 3.47. The number of rotatable bonds is 1. The average Bonchev–Trinajstić information content (AvgIpc) is 2.32. The highest BCUT2D eigenvalue weighted by molar-refractivity contribution is 9.10. The molecule has 1 aliphatic rings. The predicted octanol–water partition coefficient (Wildman–Crippen LogP) is 2.19. The first-order valence-corrected chi connectivity index (χ1v) is 6.66. The van der Waals surface area contributed by atoms with Crippen molar-refractivity contribution in [3.05, 3.63) is 33.8 Å². The van der Waals surface area contributed by atoms with E-state index in [0.717, 1.165) is 35.2 Å². The maximum atomic E-state index is 12.4. The minimum Gasteiger partial charge on any atom is -0.333 e. The number of piperazine rings is 1. The molecule has 2 rings (SSSR count). The van der Waals surface area contributed by atoms with Crippen molar-refractivity contribution in [3.63, 3.8) is 0 Å². The molecule has 0 spiro atoms. The molecule has 0 saturated carbocycles. The number of nitrogens with zero attached hydrogens (tertiary/aromatic N) is 1. The molecule has 1 saturated heterocycles. The molecule has 0 bridgehead atoms. The Morgan fingerprint density at radius 1 is 1.53 bits per heavy atom. The van der Waals surface area contributed by atoms with Crippen LogP contribution in [0.15, 0.2) is 22.7 Å². The first kappa shape index (κ1) is 12.6. The summed E-state index contributed by atoms with van der Waals surface area (Å²) in [5, 5.41) is 3.29. The van der Waals surface area contributed by atoms with Crippen molar-refractivity contribution in [2.24, 2.45) is 0 Å². The van der Waals surface area contributed by atoms with Crippen LogP contribution in [-0.4, -0.2) is 36.5 Å². The van der Waals surface area contributed by atoms with Crippen molar-refractivity contribution in [1.82, 2.24) is 10.2 Å². The second-order valence-electron chi connectivity index (χ2n) is 4.52. The van der Waals surface area contributed by atoms with Crippen molar-refractivity contribution < 1.29 is 4.79 Å².